The predicted molar refractivity (Wildman–Crippen MR) is 121 cm³/mol. The van der Waals surface area contributed by atoms with Crippen molar-refractivity contribution in [1.29, 1.82) is 0 Å². The maximum absolute atomic E-state index is 6.29. The standard InChI is InChI=1S/C20H52N4O4Si.4ClH/c1-21(2,3)13-17-25-29(26-18-14-22(4,5)6,27-19-15-23(7,8)9)28-20-16-24(10,11)12;;;;/h13-20H2,1-12H3;4*1H/q+4;;;;/p-4. The zero-order chi connectivity index (χ0) is 23.0. The molecule has 0 heterocycles. The van der Waals surface area contributed by atoms with Crippen molar-refractivity contribution in [3.05, 3.63) is 0 Å². The molecule has 13 heteroatoms. The Bertz CT molecular complexity index is 383. The van der Waals surface area contributed by atoms with Gasteiger partial charge in [-0.3, -0.25) is 0 Å². The van der Waals surface area contributed by atoms with Crippen molar-refractivity contribution in [2.75, 3.05) is 137 Å². The molecule has 0 saturated heterocycles. The van der Waals surface area contributed by atoms with Crippen LogP contribution in [0.25, 0.3) is 0 Å². The van der Waals surface area contributed by atoms with Gasteiger partial charge in [0.15, 0.2) is 0 Å². The summed E-state index contributed by atoms with van der Waals surface area (Å²) in [6, 6.07) is 0. The van der Waals surface area contributed by atoms with Crippen LogP contribution in [-0.4, -0.2) is 164 Å². The number of halogens is 4. The van der Waals surface area contributed by atoms with Gasteiger partial charge in [-0.05, 0) is 0 Å². The molecule has 0 radical (unpaired) electrons. The summed E-state index contributed by atoms with van der Waals surface area (Å²) < 4.78 is 28.4. The van der Waals surface area contributed by atoms with Crippen LogP contribution in [0.1, 0.15) is 0 Å². The Morgan fingerprint density at radius 2 is 0.515 bits per heavy atom. The summed E-state index contributed by atoms with van der Waals surface area (Å²) in [4.78, 5) is 0. The summed E-state index contributed by atoms with van der Waals surface area (Å²) in [7, 11) is 22.6. The fourth-order valence-corrected chi connectivity index (χ4v) is 3.89. The Morgan fingerprint density at radius 3 is 0.636 bits per heavy atom. The maximum atomic E-state index is 6.29. The van der Waals surface area contributed by atoms with Gasteiger partial charge in [0.05, 0.1) is 111 Å². The van der Waals surface area contributed by atoms with Gasteiger partial charge in [-0.15, -0.1) is 0 Å². The molecule has 0 bridgehead atoms. The first-order valence-corrected chi connectivity index (χ1v) is 12.2. The summed E-state index contributed by atoms with van der Waals surface area (Å²) >= 11 is 0. The molecule has 0 atom stereocenters. The lowest BCUT2D eigenvalue weighted by atomic mass is 10.5. The molecule has 0 aromatic rings. The van der Waals surface area contributed by atoms with Gasteiger partial charge < -0.3 is 85.3 Å². The fraction of sp³-hybridized carbons (Fsp3) is 1.00. The van der Waals surface area contributed by atoms with Crippen LogP contribution in [0.4, 0.5) is 0 Å². The average Bonchev–Trinajstić information content (AvgIpc) is 2.41. The summed E-state index contributed by atoms with van der Waals surface area (Å²) in [5.41, 5.74) is 0. The SMILES string of the molecule is C[N+](C)(C)CCO[Si](OCC[N+](C)(C)C)(OCC[N+](C)(C)C)OCC[N+](C)(C)C.[Cl-].[Cl-].[Cl-].[Cl-]. The summed E-state index contributed by atoms with van der Waals surface area (Å²) in [5, 5.41) is 0. The molecule has 0 fully saturated rings. The van der Waals surface area contributed by atoms with Crippen LogP contribution in [0.15, 0.2) is 0 Å². The Hall–Kier alpha value is 1.06. The molecule has 0 spiro atoms. The second-order valence-corrected chi connectivity index (χ2v) is 14.1. The maximum Gasteiger partial charge on any atom is 0.680 e. The smallest absolute Gasteiger partial charge is 0.680 e. The number of hydrogen-bond donors (Lipinski definition) is 0. The number of hydrogen-bond acceptors (Lipinski definition) is 4. The van der Waals surface area contributed by atoms with Crippen LogP contribution < -0.4 is 49.6 Å². The van der Waals surface area contributed by atoms with Gasteiger partial charge in [0.1, 0.15) is 26.2 Å². The van der Waals surface area contributed by atoms with Crippen LogP contribution >= 0.6 is 0 Å². The van der Waals surface area contributed by atoms with Gasteiger partial charge in [-0.1, -0.05) is 0 Å². The fourth-order valence-electron chi connectivity index (χ4n) is 2.03. The van der Waals surface area contributed by atoms with E-state index < -0.39 is 9.05 Å². The molecule has 0 saturated carbocycles. The summed E-state index contributed by atoms with van der Waals surface area (Å²) in [5.74, 6) is 0. The molecule has 0 N–H and O–H groups in total. The average molecular weight is 583 g/mol. The number of quaternary nitrogens is 4. The first-order chi connectivity index (χ1) is 12.8. The zero-order valence-electron chi connectivity index (χ0n) is 23.1. The van der Waals surface area contributed by atoms with Crippen molar-refractivity contribution in [2.24, 2.45) is 0 Å². The van der Waals surface area contributed by atoms with Gasteiger partial charge in [0, 0.05) is 0 Å². The lowest BCUT2D eigenvalue weighted by Crippen LogP contribution is -3.00. The van der Waals surface area contributed by atoms with Crippen molar-refractivity contribution in [2.45, 2.75) is 0 Å². The molecule has 0 amide bonds. The van der Waals surface area contributed by atoms with Crippen molar-refractivity contribution in [1.82, 2.24) is 0 Å². The molecule has 0 aliphatic carbocycles. The first-order valence-electron chi connectivity index (χ1n) is 10.6. The van der Waals surface area contributed by atoms with E-state index >= 15 is 0 Å². The van der Waals surface area contributed by atoms with E-state index in [1.165, 1.54) is 0 Å². The predicted octanol–water partition coefficient (Wildman–Crippen LogP) is -11.7. The molecular weight excluding hydrogens is 530 g/mol. The summed E-state index contributed by atoms with van der Waals surface area (Å²) in [6.45, 7) is 5.67. The van der Waals surface area contributed by atoms with Crippen LogP contribution in [0.5, 0.6) is 0 Å². The Kier molecular flexibility index (Phi) is 24.5. The molecule has 0 unspecified atom stereocenters. The normalized spacial score (nSPS) is 12.7. The molecule has 0 aliphatic heterocycles. The van der Waals surface area contributed by atoms with Gasteiger partial charge in [0.2, 0.25) is 0 Å². The molecule has 0 aromatic carbocycles. The van der Waals surface area contributed by atoms with Crippen LogP contribution in [0.3, 0.4) is 0 Å². The first kappa shape index (κ1) is 44.1. The minimum absolute atomic E-state index is 0. The van der Waals surface area contributed by atoms with Crippen LogP contribution in [-0.2, 0) is 17.7 Å². The molecule has 208 valence electrons. The third kappa shape index (κ3) is 29.2. The molecular formula is C20H52Cl4N4O4Si. The third-order valence-electron chi connectivity index (χ3n) is 4.16. The van der Waals surface area contributed by atoms with Gasteiger partial charge in [-0.25, -0.2) is 0 Å². The number of nitrogens with zero attached hydrogens (tertiary/aromatic N) is 4. The van der Waals surface area contributed by atoms with E-state index in [2.05, 4.69) is 84.6 Å². The van der Waals surface area contributed by atoms with Crippen molar-refractivity contribution in [3.8, 4) is 0 Å². The monoisotopic (exact) mass is 580 g/mol. The van der Waals surface area contributed by atoms with Crippen molar-refractivity contribution < 1.29 is 85.3 Å². The Morgan fingerprint density at radius 1 is 0.364 bits per heavy atom. The highest BCUT2D eigenvalue weighted by atomic mass is 35.5. The lowest BCUT2D eigenvalue weighted by molar-refractivity contribution is -0.871. The van der Waals surface area contributed by atoms with Crippen LogP contribution in [0.2, 0.25) is 0 Å². The van der Waals surface area contributed by atoms with E-state index in [1.54, 1.807) is 0 Å². The van der Waals surface area contributed by atoms with Gasteiger partial charge >= 0.3 is 9.05 Å². The number of likely N-dealkylation sites (N-methyl/N-ethyl adjacent to an activating group) is 4. The number of rotatable bonds is 16. The Labute approximate surface area is 230 Å². The van der Waals surface area contributed by atoms with E-state index in [9.17, 15) is 0 Å². The van der Waals surface area contributed by atoms with Crippen molar-refractivity contribution in [3.63, 3.8) is 0 Å². The van der Waals surface area contributed by atoms with Gasteiger partial charge in [0.25, 0.3) is 0 Å². The van der Waals surface area contributed by atoms with E-state index in [0.29, 0.717) is 26.4 Å². The molecule has 0 aliphatic rings. The van der Waals surface area contributed by atoms with E-state index in [4.69, 9.17) is 17.7 Å². The van der Waals surface area contributed by atoms with E-state index in [-0.39, 0.29) is 49.6 Å². The minimum Gasteiger partial charge on any atom is -1.00 e. The summed E-state index contributed by atoms with van der Waals surface area (Å²) in [6.07, 6.45) is 0. The second kappa shape index (κ2) is 18.3. The third-order valence-corrected chi connectivity index (χ3v) is 6.39. The van der Waals surface area contributed by atoms with Gasteiger partial charge in [-0.2, -0.15) is 0 Å². The minimum atomic E-state index is -3.23. The van der Waals surface area contributed by atoms with Crippen LogP contribution in [0, 0.1) is 0 Å². The highest BCUT2D eigenvalue weighted by Crippen LogP contribution is 2.14. The molecule has 33 heavy (non-hydrogen) atoms. The molecule has 0 rings (SSSR count). The second-order valence-electron chi connectivity index (χ2n) is 11.9. The highest BCUT2D eigenvalue weighted by Gasteiger charge is 2.47. The molecule has 8 nitrogen and oxygen atoms in total. The quantitative estimate of drug-likeness (QED) is 0.134. The van der Waals surface area contributed by atoms with E-state index in [1.807, 2.05) is 0 Å². The zero-order valence-corrected chi connectivity index (χ0v) is 27.1. The van der Waals surface area contributed by atoms with Crippen molar-refractivity contribution >= 4 is 9.05 Å². The topological polar surface area (TPSA) is 36.9 Å². The highest BCUT2D eigenvalue weighted by molar-refractivity contribution is 6.53. The lowest BCUT2D eigenvalue weighted by Gasteiger charge is -2.33. The van der Waals surface area contributed by atoms with E-state index in [0.717, 1.165) is 44.1 Å². The Balaban J connectivity index is -0.000000653. The largest absolute Gasteiger partial charge is 1.00 e. The molecule has 0 aromatic heterocycles.